The van der Waals surface area contributed by atoms with E-state index in [4.69, 9.17) is 0 Å². The predicted octanol–water partition coefficient (Wildman–Crippen LogP) is 2.70. The molecule has 1 aliphatic rings. The summed E-state index contributed by atoms with van der Waals surface area (Å²) in [4.78, 5) is 42.3. The van der Waals surface area contributed by atoms with Gasteiger partial charge in [0.15, 0.2) is 0 Å². The lowest BCUT2D eigenvalue weighted by atomic mass is 10.1. The molecule has 0 atom stereocenters. The Balaban J connectivity index is 1.35. The average molecular weight is 404 g/mol. The first kappa shape index (κ1) is 19.7. The zero-order valence-corrected chi connectivity index (χ0v) is 16.6. The molecular formula is C23H24N4O3. The average Bonchev–Trinajstić information content (AvgIpc) is 3.44. The van der Waals surface area contributed by atoms with Gasteiger partial charge in [-0.3, -0.25) is 14.4 Å². The molecule has 0 bridgehead atoms. The summed E-state index contributed by atoms with van der Waals surface area (Å²) in [5.41, 5.74) is 2.87. The molecule has 3 amide bonds. The standard InChI is InChI=1S/C23H24N4O3/c28-21(24-12-11-16-15-25-19-9-3-1-7-17(16)19)22(29)26-20-10-4-2-8-18(20)23(30)27-13-5-6-14-27/h1-4,7-10,15,25H,5-6,11-14H2,(H,24,28)(H,26,29). The minimum Gasteiger partial charge on any atom is -0.361 e. The molecule has 2 aromatic carbocycles. The fourth-order valence-corrected chi connectivity index (χ4v) is 3.78. The van der Waals surface area contributed by atoms with Gasteiger partial charge in [0.25, 0.3) is 5.91 Å². The second kappa shape index (κ2) is 8.82. The summed E-state index contributed by atoms with van der Waals surface area (Å²) in [6.45, 7) is 1.77. The van der Waals surface area contributed by atoms with Gasteiger partial charge in [-0.25, -0.2) is 0 Å². The molecule has 3 aromatic rings. The van der Waals surface area contributed by atoms with Crippen LogP contribution in [0.15, 0.2) is 54.7 Å². The van der Waals surface area contributed by atoms with Crippen LogP contribution >= 0.6 is 0 Å². The Kier molecular flexibility index (Phi) is 5.79. The Morgan fingerprint density at radius 3 is 2.50 bits per heavy atom. The lowest BCUT2D eigenvalue weighted by Crippen LogP contribution is -2.37. The number of likely N-dealkylation sites (tertiary alicyclic amines) is 1. The van der Waals surface area contributed by atoms with Gasteiger partial charge in [-0.05, 0) is 43.0 Å². The number of rotatable bonds is 5. The molecule has 0 unspecified atom stereocenters. The minimum atomic E-state index is -0.782. The number of aromatic nitrogens is 1. The second-order valence-electron chi connectivity index (χ2n) is 7.36. The summed E-state index contributed by atoms with van der Waals surface area (Å²) in [6.07, 6.45) is 4.49. The molecule has 154 valence electrons. The summed E-state index contributed by atoms with van der Waals surface area (Å²) < 4.78 is 0. The van der Waals surface area contributed by atoms with Crippen LogP contribution in [0.1, 0.15) is 28.8 Å². The number of para-hydroxylation sites is 2. The number of anilines is 1. The Labute approximate surface area is 174 Å². The number of hydrogen-bond donors (Lipinski definition) is 3. The van der Waals surface area contributed by atoms with E-state index in [9.17, 15) is 14.4 Å². The van der Waals surface area contributed by atoms with E-state index in [2.05, 4.69) is 15.6 Å². The van der Waals surface area contributed by atoms with Crippen LogP contribution < -0.4 is 10.6 Å². The van der Waals surface area contributed by atoms with Crippen LogP contribution in [0.2, 0.25) is 0 Å². The van der Waals surface area contributed by atoms with Crippen LogP contribution in [0.4, 0.5) is 5.69 Å². The number of carbonyl (C=O) groups is 3. The Morgan fingerprint density at radius 1 is 0.933 bits per heavy atom. The van der Waals surface area contributed by atoms with Gasteiger partial charge >= 0.3 is 11.8 Å². The normalized spacial score (nSPS) is 13.4. The quantitative estimate of drug-likeness (QED) is 0.571. The molecule has 30 heavy (non-hydrogen) atoms. The summed E-state index contributed by atoms with van der Waals surface area (Å²) in [5.74, 6) is -1.63. The maximum atomic E-state index is 12.7. The van der Waals surface area contributed by atoms with E-state index in [0.717, 1.165) is 42.4 Å². The Hall–Kier alpha value is -3.61. The zero-order chi connectivity index (χ0) is 20.9. The van der Waals surface area contributed by atoms with Gasteiger partial charge < -0.3 is 20.5 Å². The summed E-state index contributed by atoms with van der Waals surface area (Å²) in [5, 5.41) is 6.33. The van der Waals surface area contributed by atoms with Crippen LogP contribution in [0.25, 0.3) is 10.9 Å². The van der Waals surface area contributed by atoms with Gasteiger partial charge in [0.1, 0.15) is 0 Å². The van der Waals surface area contributed by atoms with Gasteiger partial charge in [-0.1, -0.05) is 30.3 Å². The third-order valence-corrected chi connectivity index (χ3v) is 5.36. The van der Waals surface area contributed by atoms with Crippen LogP contribution in [-0.4, -0.2) is 47.2 Å². The molecule has 0 radical (unpaired) electrons. The van der Waals surface area contributed by atoms with Crippen molar-refractivity contribution in [2.24, 2.45) is 0 Å². The first-order valence-corrected chi connectivity index (χ1v) is 10.2. The van der Waals surface area contributed by atoms with Crippen molar-refractivity contribution in [2.45, 2.75) is 19.3 Å². The molecule has 0 aliphatic carbocycles. The molecule has 7 heteroatoms. The SMILES string of the molecule is O=C(NCCc1c[nH]c2ccccc12)C(=O)Nc1ccccc1C(=O)N1CCCC1. The number of aromatic amines is 1. The topological polar surface area (TPSA) is 94.3 Å². The van der Waals surface area contributed by atoms with Gasteiger partial charge in [0.05, 0.1) is 11.3 Å². The van der Waals surface area contributed by atoms with Crippen molar-refractivity contribution in [3.05, 3.63) is 65.9 Å². The highest BCUT2D eigenvalue weighted by atomic mass is 16.2. The molecule has 1 aromatic heterocycles. The molecule has 3 N–H and O–H groups in total. The number of carbonyl (C=O) groups excluding carboxylic acids is 3. The van der Waals surface area contributed by atoms with Crippen molar-refractivity contribution >= 4 is 34.3 Å². The first-order valence-electron chi connectivity index (χ1n) is 10.2. The number of amides is 3. The monoisotopic (exact) mass is 404 g/mol. The fourth-order valence-electron chi connectivity index (χ4n) is 3.78. The van der Waals surface area contributed by atoms with Crippen LogP contribution in [0.3, 0.4) is 0 Å². The molecule has 1 fully saturated rings. The van der Waals surface area contributed by atoms with Gasteiger partial charge in [0.2, 0.25) is 0 Å². The van der Waals surface area contributed by atoms with Crippen molar-refractivity contribution in [1.82, 2.24) is 15.2 Å². The van der Waals surface area contributed by atoms with Crippen LogP contribution in [0, 0.1) is 0 Å². The Morgan fingerprint density at radius 2 is 1.67 bits per heavy atom. The third-order valence-electron chi connectivity index (χ3n) is 5.36. The number of nitrogens with zero attached hydrogens (tertiary/aromatic N) is 1. The summed E-state index contributed by atoms with van der Waals surface area (Å²) in [6, 6.07) is 14.7. The van der Waals surface area contributed by atoms with E-state index in [1.807, 2.05) is 30.5 Å². The van der Waals surface area contributed by atoms with E-state index >= 15 is 0 Å². The van der Waals surface area contributed by atoms with E-state index in [0.29, 0.717) is 24.2 Å². The first-order chi connectivity index (χ1) is 14.6. The number of nitrogens with one attached hydrogen (secondary N) is 3. The lowest BCUT2D eigenvalue weighted by molar-refractivity contribution is -0.136. The third kappa shape index (κ3) is 4.20. The van der Waals surface area contributed by atoms with E-state index in [1.54, 1.807) is 29.2 Å². The number of H-pyrrole nitrogens is 1. The molecular weight excluding hydrogens is 380 g/mol. The number of benzene rings is 2. The van der Waals surface area contributed by atoms with Crippen LogP contribution in [0.5, 0.6) is 0 Å². The maximum absolute atomic E-state index is 12.7. The molecule has 1 saturated heterocycles. The van der Waals surface area contributed by atoms with Crippen LogP contribution in [-0.2, 0) is 16.0 Å². The second-order valence-corrected chi connectivity index (χ2v) is 7.36. The van der Waals surface area contributed by atoms with Gasteiger partial charge in [-0.2, -0.15) is 0 Å². The van der Waals surface area contributed by atoms with E-state index < -0.39 is 11.8 Å². The van der Waals surface area contributed by atoms with E-state index in [-0.39, 0.29) is 5.91 Å². The highest BCUT2D eigenvalue weighted by Gasteiger charge is 2.23. The van der Waals surface area contributed by atoms with Crippen molar-refractivity contribution in [3.63, 3.8) is 0 Å². The molecule has 0 saturated carbocycles. The van der Waals surface area contributed by atoms with Gasteiger partial charge in [-0.15, -0.1) is 0 Å². The van der Waals surface area contributed by atoms with E-state index in [1.165, 1.54) is 0 Å². The number of fused-ring (bicyclic) bond motifs is 1. The maximum Gasteiger partial charge on any atom is 0.313 e. The minimum absolute atomic E-state index is 0.122. The molecule has 4 rings (SSSR count). The highest BCUT2D eigenvalue weighted by molar-refractivity contribution is 6.40. The molecule has 7 nitrogen and oxygen atoms in total. The molecule has 0 spiro atoms. The number of hydrogen-bond acceptors (Lipinski definition) is 3. The molecule has 2 heterocycles. The van der Waals surface area contributed by atoms with Crippen molar-refractivity contribution < 1.29 is 14.4 Å². The summed E-state index contributed by atoms with van der Waals surface area (Å²) >= 11 is 0. The largest absolute Gasteiger partial charge is 0.361 e. The Bertz CT molecular complexity index is 1080. The summed E-state index contributed by atoms with van der Waals surface area (Å²) in [7, 11) is 0. The highest BCUT2D eigenvalue weighted by Crippen LogP contribution is 2.20. The van der Waals surface area contributed by atoms with Crippen molar-refractivity contribution in [1.29, 1.82) is 0 Å². The van der Waals surface area contributed by atoms with Gasteiger partial charge in [0, 0.05) is 36.7 Å². The fraction of sp³-hybridized carbons (Fsp3) is 0.261. The lowest BCUT2D eigenvalue weighted by Gasteiger charge is -2.17. The van der Waals surface area contributed by atoms with Crippen molar-refractivity contribution in [2.75, 3.05) is 25.0 Å². The zero-order valence-electron chi connectivity index (χ0n) is 16.6. The molecule has 1 aliphatic heterocycles. The predicted molar refractivity (Wildman–Crippen MR) is 115 cm³/mol. The smallest absolute Gasteiger partial charge is 0.313 e. The van der Waals surface area contributed by atoms with Crippen molar-refractivity contribution in [3.8, 4) is 0 Å².